The van der Waals surface area contributed by atoms with Gasteiger partial charge in [0.25, 0.3) is 0 Å². The third-order valence-electron chi connectivity index (χ3n) is 2.08. The lowest BCUT2D eigenvalue weighted by Gasteiger charge is -2.18. The predicted molar refractivity (Wildman–Crippen MR) is 74.2 cm³/mol. The molecule has 0 spiro atoms. The third kappa shape index (κ3) is 4.08. The molecule has 0 aliphatic heterocycles. The molecule has 1 rings (SSSR count). The normalized spacial score (nSPS) is 14.9. The molecule has 0 fully saturated rings. The van der Waals surface area contributed by atoms with Crippen molar-refractivity contribution in [3.8, 4) is 0 Å². The topological polar surface area (TPSA) is 35.4 Å². The van der Waals surface area contributed by atoms with Crippen molar-refractivity contribution in [1.29, 1.82) is 0 Å². The van der Waals surface area contributed by atoms with Crippen LogP contribution in [0.4, 0.5) is 4.39 Å². The average Bonchev–Trinajstić information content (AvgIpc) is 2.20. The molecule has 1 aromatic carbocycles. The fraction of sp³-hybridized carbons (Fsp3) is 0.417. The van der Waals surface area contributed by atoms with Crippen LogP contribution in [-0.4, -0.2) is 15.0 Å². The van der Waals surface area contributed by atoms with Gasteiger partial charge in [-0.05, 0) is 55.8 Å². The van der Waals surface area contributed by atoms with Gasteiger partial charge in [0.05, 0.1) is 10.2 Å². The fourth-order valence-electron chi connectivity index (χ4n) is 1.04. The van der Waals surface area contributed by atoms with Crippen LogP contribution in [0.3, 0.4) is 0 Å². The largest absolute Gasteiger partial charge is 0.591 e. The summed E-state index contributed by atoms with van der Waals surface area (Å²) in [4.78, 5) is 0. The first kappa shape index (κ1) is 14.7. The van der Waals surface area contributed by atoms with E-state index in [0.29, 0.717) is 10.2 Å². The maximum atomic E-state index is 13.1. The summed E-state index contributed by atoms with van der Waals surface area (Å²) in [6.07, 6.45) is 0. The van der Waals surface area contributed by atoms with E-state index >= 15 is 0 Å². The van der Waals surface area contributed by atoms with Crippen LogP contribution in [-0.2, 0) is 11.4 Å². The third-order valence-corrected chi connectivity index (χ3v) is 4.18. The molecule has 1 unspecified atom stereocenters. The second kappa shape index (κ2) is 5.50. The summed E-state index contributed by atoms with van der Waals surface area (Å²) in [5.41, 5.74) is 1.40. The first-order valence-electron chi connectivity index (χ1n) is 5.14. The summed E-state index contributed by atoms with van der Waals surface area (Å²) < 4.78 is 29.0. The van der Waals surface area contributed by atoms with E-state index in [0.717, 1.165) is 5.56 Å². The number of hydrogen-bond acceptors (Lipinski definition) is 2. The molecule has 0 heterocycles. The molecule has 0 saturated carbocycles. The highest BCUT2D eigenvalue weighted by Crippen LogP contribution is 2.20. The van der Waals surface area contributed by atoms with Gasteiger partial charge < -0.3 is 4.55 Å². The lowest BCUT2D eigenvalue weighted by atomic mass is 10.1. The molecular weight excluding hydrogens is 305 g/mol. The van der Waals surface area contributed by atoms with Crippen LogP contribution in [0.1, 0.15) is 33.3 Å². The number of nitrogens with zero attached hydrogens (tertiary/aromatic N) is 1. The molecule has 0 aliphatic carbocycles. The van der Waals surface area contributed by atoms with Crippen molar-refractivity contribution in [2.75, 3.05) is 0 Å². The Labute approximate surface area is 113 Å². The van der Waals surface area contributed by atoms with Gasteiger partial charge in [0.15, 0.2) is 0 Å². The predicted octanol–water partition coefficient (Wildman–Crippen LogP) is 3.86. The van der Waals surface area contributed by atoms with Crippen LogP contribution in [0.15, 0.2) is 27.1 Å². The van der Waals surface area contributed by atoms with Crippen molar-refractivity contribution in [3.63, 3.8) is 0 Å². The Hall–Kier alpha value is -0.390. The highest BCUT2D eigenvalue weighted by molar-refractivity contribution is 9.10. The van der Waals surface area contributed by atoms with Crippen LogP contribution < -0.4 is 0 Å². The molecule has 0 amide bonds. The van der Waals surface area contributed by atoms with E-state index in [1.807, 2.05) is 20.8 Å². The van der Waals surface area contributed by atoms with Crippen molar-refractivity contribution in [2.45, 2.75) is 32.4 Å². The molecular formula is C12H15BrFNOS. The molecule has 2 nitrogen and oxygen atoms in total. The molecule has 0 bridgehead atoms. The smallest absolute Gasteiger partial charge is 0.144 e. The molecule has 0 aliphatic rings. The molecule has 17 heavy (non-hydrogen) atoms. The van der Waals surface area contributed by atoms with Crippen LogP contribution in [0.25, 0.3) is 0 Å². The summed E-state index contributed by atoms with van der Waals surface area (Å²) in [6, 6.07) is 4.62. The van der Waals surface area contributed by atoms with Crippen molar-refractivity contribution in [1.82, 2.24) is 0 Å². The van der Waals surface area contributed by atoms with Crippen molar-refractivity contribution >= 4 is 33.0 Å². The van der Waals surface area contributed by atoms with Crippen LogP contribution in [0.2, 0.25) is 0 Å². The van der Waals surface area contributed by atoms with Gasteiger partial charge in [-0.1, -0.05) is 10.5 Å². The Bertz CT molecular complexity index is 443. The number of hydrogen-bond donors (Lipinski definition) is 0. The molecule has 94 valence electrons. The van der Waals surface area contributed by atoms with E-state index in [1.165, 1.54) is 6.07 Å². The van der Waals surface area contributed by atoms with Crippen molar-refractivity contribution in [3.05, 3.63) is 34.1 Å². The van der Waals surface area contributed by atoms with Gasteiger partial charge in [-0.15, -0.1) is 0 Å². The first-order valence-corrected chi connectivity index (χ1v) is 7.04. The van der Waals surface area contributed by atoms with E-state index in [2.05, 4.69) is 20.3 Å². The molecule has 0 N–H and O–H groups in total. The van der Waals surface area contributed by atoms with Gasteiger partial charge >= 0.3 is 0 Å². The summed E-state index contributed by atoms with van der Waals surface area (Å²) >= 11 is 1.81. The quantitative estimate of drug-likeness (QED) is 0.602. The van der Waals surface area contributed by atoms with E-state index in [1.54, 1.807) is 19.1 Å². The first-order chi connectivity index (χ1) is 7.71. The lowest BCUT2D eigenvalue weighted by Crippen LogP contribution is -2.26. The molecule has 5 heteroatoms. The maximum absolute atomic E-state index is 13.1. The van der Waals surface area contributed by atoms with Gasteiger partial charge in [0, 0.05) is 5.56 Å². The Balaban J connectivity index is 3.00. The zero-order valence-electron chi connectivity index (χ0n) is 10.3. The number of rotatable bonds is 2. The fourth-order valence-corrected chi connectivity index (χ4v) is 2.04. The number of benzene rings is 1. The van der Waals surface area contributed by atoms with E-state index in [-0.39, 0.29) is 5.82 Å². The minimum absolute atomic E-state index is 0.321. The second-order valence-corrected chi connectivity index (χ2v) is 7.43. The molecule has 1 aromatic rings. The molecule has 0 saturated heterocycles. The van der Waals surface area contributed by atoms with Crippen molar-refractivity contribution < 1.29 is 8.94 Å². The van der Waals surface area contributed by atoms with Gasteiger partial charge in [-0.3, -0.25) is 0 Å². The minimum Gasteiger partial charge on any atom is -0.591 e. The van der Waals surface area contributed by atoms with Crippen LogP contribution in [0, 0.1) is 5.82 Å². The zero-order valence-corrected chi connectivity index (χ0v) is 12.7. The highest BCUT2D eigenvalue weighted by atomic mass is 79.9. The van der Waals surface area contributed by atoms with E-state index < -0.39 is 16.1 Å². The molecule has 0 radical (unpaired) electrons. The highest BCUT2D eigenvalue weighted by Gasteiger charge is 2.26. The Morgan fingerprint density at radius 2 is 2.00 bits per heavy atom. The maximum Gasteiger partial charge on any atom is 0.144 e. The SMILES string of the molecule is CC(=N[S+]([O-])C(C)(C)C)c1ccc(F)c(Br)c1. The lowest BCUT2D eigenvalue weighted by molar-refractivity contribution is 0.561. The Morgan fingerprint density at radius 3 is 2.47 bits per heavy atom. The summed E-state index contributed by atoms with van der Waals surface area (Å²) in [5, 5.41) is 0. The van der Waals surface area contributed by atoms with Gasteiger partial charge in [-0.25, -0.2) is 4.39 Å². The van der Waals surface area contributed by atoms with E-state index in [4.69, 9.17) is 0 Å². The van der Waals surface area contributed by atoms with Gasteiger partial charge in [0.1, 0.15) is 21.9 Å². The molecule has 0 aromatic heterocycles. The van der Waals surface area contributed by atoms with Crippen molar-refractivity contribution in [2.24, 2.45) is 4.40 Å². The number of halogens is 2. The van der Waals surface area contributed by atoms with Gasteiger partial charge in [-0.2, -0.15) is 0 Å². The Kier molecular flexibility index (Phi) is 4.75. The monoisotopic (exact) mass is 319 g/mol. The summed E-state index contributed by atoms with van der Waals surface area (Å²) in [5.74, 6) is -0.321. The minimum atomic E-state index is -1.30. The van der Waals surface area contributed by atoms with Gasteiger partial charge in [0.2, 0.25) is 0 Å². The molecule has 1 atom stereocenters. The van der Waals surface area contributed by atoms with E-state index in [9.17, 15) is 8.94 Å². The van der Waals surface area contributed by atoms with Crippen LogP contribution in [0.5, 0.6) is 0 Å². The second-order valence-electron chi connectivity index (χ2n) is 4.67. The standard InChI is InChI=1S/C12H15BrFNOS/c1-8(15-17(16)12(2,3)4)9-5-6-11(14)10(13)7-9/h5-7H,1-4H3. The van der Waals surface area contributed by atoms with Crippen LogP contribution >= 0.6 is 15.9 Å². The zero-order chi connectivity index (χ0) is 13.2. The Morgan fingerprint density at radius 1 is 1.41 bits per heavy atom. The summed E-state index contributed by atoms with van der Waals surface area (Å²) in [6.45, 7) is 7.35. The summed E-state index contributed by atoms with van der Waals surface area (Å²) in [7, 11) is 0. The average molecular weight is 320 g/mol.